The molecule has 37 heavy (non-hydrogen) atoms. The highest BCUT2D eigenvalue weighted by molar-refractivity contribution is 5.93. The average Bonchev–Trinajstić information content (AvgIpc) is 3.31. The molecular formula is C27H41N3O7. The van der Waals surface area contributed by atoms with Crippen LogP contribution in [-0.2, 0) is 30.3 Å². The van der Waals surface area contributed by atoms with Crippen LogP contribution in [0.25, 0.3) is 0 Å². The Hall–Kier alpha value is -3.30. The van der Waals surface area contributed by atoms with Crippen molar-refractivity contribution in [1.82, 2.24) is 15.5 Å². The number of ether oxygens (including phenoxy) is 3. The van der Waals surface area contributed by atoms with Crippen molar-refractivity contribution in [2.24, 2.45) is 0 Å². The predicted octanol–water partition coefficient (Wildman–Crippen LogP) is 2.97. The van der Waals surface area contributed by atoms with E-state index >= 15 is 0 Å². The highest BCUT2D eigenvalue weighted by Crippen LogP contribution is 2.31. The van der Waals surface area contributed by atoms with Gasteiger partial charge in [-0.15, -0.1) is 0 Å². The Kier molecular flexibility index (Phi) is 10.8. The van der Waals surface area contributed by atoms with Gasteiger partial charge in [0.15, 0.2) is 6.61 Å². The van der Waals surface area contributed by atoms with E-state index in [-0.39, 0.29) is 12.3 Å². The first-order valence-corrected chi connectivity index (χ1v) is 12.8. The number of carbonyl (C=O) groups is 4. The van der Waals surface area contributed by atoms with Gasteiger partial charge >= 0.3 is 12.1 Å². The van der Waals surface area contributed by atoms with Crippen molar-refractivity contribution in [3.05, 3.63) is 29.8 Å². The monoisotopic (exact) mass is 519 g/mol. The molecule has 0 bridgehead atoms. The number of benzene rings is 1. The van der Waals surface area contributed by atoms with Crippen LogP contribution >= 0.6 is 0 Å². The van der Waals surface area contributed by atoms with Crippen LogP contribution in [0, 0.1) is 0 Å². The molecule has 10 heteroatoms. The summed E-state index contributed by atoms with van der Waals surface area (Å²) in [7, 11) is 1.56. The van der Waals surface area contributed by atoms with E-state index < -0.39 is 41.8 Å². The number of hydrogen-bond donors (Lipinski definition) is 2. The van der Waals surface area contributed by atoms with Crippen molar-refractivity contribution in [2.75, 3.05) is 26.8 Å². The van der Waals surface area contributed by atoms with E-state index in [1.807, 2.05) is 13.8 Å². The second-order valence-corrected chi connectivity index (χ2v) is 10.2. The molecule has 1 aliphatic rings. The smallest absolute Gasteiger partial charge is 0.408 e. The summed E-state index contributed by atoms with van der Waals surface area (Å²) in [5.74, 6) is -0.869. The van der Waals surface area contributed by atoms with Crippen LogP contribution in [0.4, 0.5) is 4.79 Å². The summed E-state index contributed by atoms with van der Waals surface area (Å²) in [6, 6.07) is 6.02. The lowest BCUT2D eigenvalue weighted by atomic mass is 9.95. The Morgan fingerprint density at radius 1 is 1.03 bits per heavy atom. The largest absolute Gasteiger partial charge is 0.497 e. The van der Waals surface area contributed by atoms with E-state index in [0.717, 1.165) is 18.4 Å². The first-order valence-electron chi connectivity index (χ1n) is 12.8. The third kappa shape index (κ3) is 8.94. The molecule has 2 N–H and O–H groups in total. The molecule has 0 aliphatic heterocycles. The van der Waals surface area contributed by atoms with Crippen molar-refractivity contribution in [3.8, 4) is 5.75 Å². The van der Waals surface area contributed by atoms with Crippen LogP contribution in [0.1, 0.15) is 65.9 Å². The van der Waals surface area contributed by atoms with Gasteiger partial charge < -0.3 is 29.7 Å². The molecule has 1 atom stereocenters. The van der Waals surface area contributed by atoms with Gasteiger partial charge in [-0.25, -0.2) is 9.59 Å². The molecule has 0 heterocycles. The highest BCUT2D eigenvalue weighted by atomic mass is 16.6. The molecule has 0 spiro atoms. The summed E-state index contributed by atoms with van der Waals surface area (Å²) >= 11 is 0. The number of likely N-dealkylation sites (N-methyl/N-ethyl adjacent to an activating group) is 1. The number of nitrogens with zero attached hydrogens (tertiary/aromatic N) is 1. The lowest BCUT2D eigenvalue weighted by molar-refractivity contribution is -0.154. The molecular weight excluding hydrogens is 478 g/mol. The van der Waals surface area contributed by atoms with Crippen molar-refractivity contribution in [3.63, 3.8) is 0 Å². The summed E-state index contributed by atoms with van der Waals surface area (Å²) in [5, 5.41) is 5.54. The lowest BCUT2D eigenvalue weighted by Crippen LogP contribution is -2.60. The van der Waals surface area contributed by atoms with Crippen molar-refractivity contribution in [2.45, 2.75) is 83.9 Å². The fourth-order valence-electron chi connectivity index (χ4n) is 4.27. The van der Waals surface area contributed by atoms with Gasteiger partial charge in [-0.05, 0) is 65.2 Å². The van der Waals surface area contributed by atoms with Gasteiger partial charge in [-0.1, -0.05) is 25.0 Å². The Balaban J connectivity index is 2.21. The summed E-state index contributed by atoms with van der Waals surface area (Å²) < 4.78 is 15.9. The minimum absolute atomic E-state index is 0.135. The highest BCUT2D eigenvalue weighted by Gasteiger charge is 2.44. The number of esters is 1. The molecule has 1 aromatic carbocycles. The summed E-state index contributed by atoms with van der Waals surface area (Å²) in [6.45, 7) is 9.49. The van der Waals surface area contributed by atoms with Gasteiger partial charge in [0, 0.05) is 19.5 Å². The standard InChI is InChI=1S/C27H41N3O7/c1-7-30(8-2)22(31)18-36-23(32)21(17-19-11-13-20(35-6)14-12-19)28-24(33)27(15-9-10-16-27)29-25(34)37-26(3,4)5/h11-14,21H,7-10,15-18H2,1-6H3,(H,28,33)(H,29,34)/t21-/m0/s1. The van der Waals surface area contributed by atoms with Crippen LogP contribution in [0.15, 0.2) is 24.3 Å². The minimum Gasteiger partial charge on any atom is -0.497 e. The number of rotatable bonds is 11. The zero-order valence-electron chi connectivity index (χ0n) is 22.8. The van der Waals surface area contributed by atoms with E-state index in [0.29, 0.717) is 31.7 Å². The number of methoxy groups -OCH3 is 1. The molecule has 2 rings (SSSR count). The van der Waals surface area contributed by atoms with E-state index in [1.165, 1.54) is 0 Å². The summed E-state index contributed by atoms with van der Waals surface area (Å²) in [5.41, 5.74) is -1.16. The van der Waals surface area contributed by atoms with Crippen LogP contribution in [0.5, 0.6) is 5.75 Å². The SMILES string of the molecule is CCN(CC)C(=O)COC(=O)[C@H](Cc1ccc(OC)cc1)NC(=O)C1(NC(=O)OC(C)(C)C)CCCC1. The fraction of sp³-hybridized carbons (Fsp3) is 0.630. The topological polar surface area (TPSA) is 123 Å². The van der Waals surface area contributed by atoms with Crippen molar-refractivity contribution < 1.29 is 33.4 Å². The zero-order valence-corrected chi connectivity index (χ0v) is 22.8. The maximum absolute atomic E-state index is 13.5. The summed E-state index contributed by atoms with van der Waals surface area (Å²) in [4.78, 5) is 53.1. The number of amides is 3. The zero-order chi connectivity index (χ0) is 27.6. The molecule has 0 radical (unpaired) electrons. The van der Waals surface area contributed by atoms with E-state index in [1.54, 1.807) is 57.0 Å². The molecule has 0 unspecified atom stereocenters. The molecule has 10 nitrogen and oxygen atoms in total. The molecule has 1 aromatic rings. The van der Waals surface area contributed by atoms with Gasteiger partial charge in [0.2, 0.25) is 5.91 Å². The normalized spacial score (nSPS) is 15.3. The second kappa shape index (κ2) is 13.3. The Bertz CT molecular complexity index is 930. The third-order valence-corrected chi connectivity index (χ3v) is 6.27. The maximum atomic E-state index is 13.5. The van der Waals surface area contributed by atoms with Crippen LogP contribution in [0.3, 0.4) is 0 Å². The Morgan fingerprint density at radius 3 is 2.14 bits per heavy atom. The van der Waals surface area contributed by atoms with Crippen LogP contribution < -0.4 is 15.4 Å². The fourth-order valence-corrected chi connectivity index (χ4v) is 4.27. The van der Waals surface area contributed by atoms with Gasteiger partial charge in [0.05, 0.1) is 7.11 Å². The molecule has 0 aromatic heterocycles. The van der Waals surface area contributed by atoms with Crippen LogP contribution in [-0.4, -0.2) is 72.8 Å². The van der Waals surface area contributed by atoms with E-state index in [4.69, 9.17) is 14.2 Å². The van der Waals surface area contributed by atoms with Gasteiger partial charge in [-0.2, -0.15) is 0 Å². The predicted molar refractivity (Wildman–Crippen MR) is 138 cm³/mol. The van der Waals surface area contributed by atoms with Gasteiger partial charge in [-0.3, -0.25) is 9.59 Å². The van der Waals surface area contributed by atoms with Gasteiger partial charge in [0.25, 0.3) is 5.91 Å². The molecule has 1 saturated carbocycles. The van der Waals surface area contributed by atoms with E-state index in [2.05, 4.69) is 10.6 Å². The van der Waals surface area contributed by atoms with Crippen molar-refractivity contribution in [1.29, 1.82) is 0 Å². The number of hydrogen-bond acceptors (Lipinski definition) is 7. The molecule has 3 amide bonds. The minimum atomic E-state index is -1.20. The average molecular weight is 520 g/mol. The number of carbonyl (C=O) groups excluding carboxylic acids is 4. The first kappa shape index (κ1) is 29.9. The molecule has 206 valence electrons. The summed E-state index contributed by atoms with van der Waals surface area (Å²) in [6.07, 6.45) is 1.77. The lowest BCUT2D eigenvalue weighted by Gasteiger charge is -2.32. The van der Waals surface area contributed by atoms with Gasteiger partial charge in [0.1, 0.15) is 22.9 Å². The Labute approximate surface area is 219 Å². The molecule has 1 fully saturated rings. The van der Waals surface area contributed by atoms with E-state index in [9.17, 15) is 19.2 Å². The number of nitrogens with one attached hydrogen (secondary N) is 2. The third-order valence-electron chi connectivity index (χ3n) is 6.27. The molecule has 0 saturated heterocycles. The molecule has 1 aliphatic carbocycles. The maximum Gasteiger partial charge on any atom is 0.408 e. The second-order valence-electron chi connectivity index (χ2n) is 10.2. The first-order chi connectivity index (χ1) is 17.4. The quantitative estimate of drug-likeness (QED) is 0.431. The van der Waals surface area contributed by atoms with Crippen molar-refractivity contribution >= 4 is 23.9 Å². The number of alkyl carbamates (subject to hydrolysis) is 1. The van der Waals surface area contributed by atoms with Crippen LogP contribution in [0.2, 0.25) is 0 Å². The Morgan fingerprint density at radius 2 is 1.62 bits per heavy atom.